The van der Waals surface area contributed by atoms with E-state index in [1.54, 1.807) is 0 Å². The first-order valence-electron chi connectivity index (χ1n) is 15.6. The van der Waals surface area contributed by atoms with Gasteiger partial charge in [0.05, 0.1) is 35.6 Å². The van der Waals surface area contributed by atoms with E-state index >= 15 is 0 Å². The van der Waals surface area contributed by atoms with Crippen LogP contribution in [0, 0.1) is 11.8 Å². The van der Waals surface area contributed by atoms with Crippen LogP contribution in [-0.4, -0.2) is 60.2 Å². The second kappa shape index (κ2) is 15.5. The summed E-state index contributed by atoms with van der Waals surface area (Å²) in [5, 5.41) is 3.10. The highest BCUT2D eigenvalue weighted by Crippen LogP contribution is 2.33. The maximum absolute atomic E-state index is 13.1. The van der Waals surface area contributed by atoms with Crippen molar-refractivity contribution in [2.45, 2.75) is 48.0 Å². The smallest absolute Gasteiger partial charge is 0.251 e. The van der Waals surface area contributed by atoms with Crippen LogP contribution in [0.1, 0.15) is 58.3 Å². The summed E-state index contributed by atoms with van der Waals surface area (Å²) in [6.45, 7) is 17.9. The molecular formula is C36H46N4O3. The Balaban J connectivity index is 1.57. The Hall–Kier alpha value is -3.97. The average molecular weight is 583 g/mol. The fourth-order valence-corrected chi connectivity index (χ4v) is 5.25. The third-order valence-corrected chi connectivity index (χ3v) is 6.99. The summed E-state index contributed by atoms with van der Waals surface area (Å²) in [7, 11) is 0. The molecule has 4 aromatic rings. The van der Waals surface area contributed by atoms with Crippen LogP contribution in [0.15, 0.2) is 66.7 Å². The second-order valence-corrected chi connectivity index (χ2v) is 11.7. The van der Waals surface area contributed by atoms with Gasteiger partial charge in [-0.2, -0.15) is 0 Å². The molecule has 4 rings (SSSR count). The van der Waals surface area contributed by atoms with Crippen molar-refractivity contribution < 1.29 is 14.3 Å². The minimum absolute atomic E-state index is 0.0961. The number of fused-ring (bicyclic) bond motifs is 1. The molecular weight excluding hydrogens is 536 g/mol. The molecule has 0 unspecified atom stereocenters. The van der Waals surface area contributed by atoms with Crippen molar-refractivity contribution in [3.63, 3.8) is 0 Å². The molecule has 0 atom stereocenters. The van der Waals surface area contributed by atoms with Gasteiger partial charge in [-0.25, -0.2) is 9.97 Å². The summed E-state index contributed by atoms with van der Waals surface area (Å²) in [5.41, 5.74) is 5.35. The fraction of sp³-hybridized carbons (Fsp3) is 0.417. The van der Waals surface area contributed by atoms with Gasteiger partial charge in [0, 0.05) is 36.3 Å². The van der Waals surface area contributed by atoms with Crippen LogP contribution in [0.3, 0.4) is 0 Å². The number of nitrogens with zero attached hydrogens (tertiary/aromatic N) is 3. The first kappa shape index (κ1) is 32.0. The fourth-order valence-electron chi connectivity index (χ4n) is 5.25. The maximum Gasteiger partial charge on any atom is 0.251 e. The molecule has 0 radical (unpaired) electrons. The molecule has 1 aromatic heterocycles. The number of rotatable bonds is 15. The van der Waals surface area contributed by atoms with Crippen molar-refractivity contribution in [1.29, 1.82) is 0 Å². The Bertz CT molecular complexity index is 1460. The summed E-state index contributed by atoms with van der Waals surface area (Å²) in [6.07, 6.45) is 0.909. The minimum atomic E-state index is -0.0961. The van der Waals surface area contributed by atoms with Crippen LogP contribution in [0.5, 0.6) is 11.5 Å². The van der Waals surface area contributed by atoms with Crippen LogP contribution in [0.25, 0.3) is 33.5 Å². The Morgan fingerprint density at radius 3 is 1.74 bits per heavy atom. The number of carbonyl (C=O) groups excluding carboxylic acids is 1. The molecule has 0 aliphatic carbocycles. The minimum Gasteiger partial charge on any atom is -0.494 e. The molecule has 0 aliphatic rings. The zero-order chi connectivity index (χ0) is 30.8. The van der Waals surface area contributed by atoms with Crippen LogP contribution >= 0.6 is 0 Å². The lowest BCUT2D eigenvalue weighted by Gasteiger charge is -2.26. The zero-order valence-electron chi connectivity index (χ0n) is 26.5. The molecule has 1 heterocycles. The van der Waals surface area contributed by atoms with E-state index < -0.39 is 0 Å². The van der Waals surface area contributed by atoms with Crippen molar-refractivity contribution >= 4 is 16.9 Å². The number of carbonyl (C=O) groups is 1. The molecule has 3 aromatic carbocycles. The van der Waals surface area contributed by atoms with Gasteiger partial charge in [0.2, 0.25) is 0 Å². The Morgan fingerprint density at radius 1 is 0.744 bits per heavy atom. The lowest BCUT2D eigenvalue weighted by atomic mass is 10.0. The van der Waals surface area contributed by atoms with Crippen molar-refractivity contribution in [2.24, 2.45) is 11.8 Å². The number of aromatic nitrogens is 2. The summed E-state index contributed by atoms with van der Waals surface area (Å²) < 4.78 is 11.3. The number of benzene rings is 3. The van der Waals surface area contributed by atoms with Gasteiger partial charge in [0.25, 0.3) is 5.91 Å². The number of nitrogens with one attached hydrogen (secondary N) is 1. The molecule has 0 fully saturated rings. The topological polar surface area (TPSA) is 76.6 Å². The van der Waals surface area contributed by atoms with E-state index in [4.69, 9.17) is 19.4 Å². The normalized spacial score (nSPS) is 11.5. The molecule has 43 heavy (non-hydrogen) atoms. The van der Waals surface area contributed by atoms with Gasteiger partial charge in [-0.3, -0.25) is 4.79 Å². The SMILES string of the molecule is CCOc1ccc(-c2nc3ccc(C(=O)NCCCN(CC(C)C)CC(C)C)cc3nc2-c2ccc(OCC)cc2)cc1. The lowest BCUT2D eigenvalue weighted by Crippen LogP contribution is -2.34. The molecule has 0 aliphatic heterocycles. The highest BCUT2D eigenvalue weighted by molar-refractivity contribution is 5.98. The first-order valence-corrected chi connectivity index (χ1v) is 15.6. The van der Waals surface area contributed by atoms with E-state index in [-0.39, 0.29) is 5.91 Å². The molecule has 228 valence electrons. The van der Waals surface area contributed by atoms with Crippen LogP contribution in [-0.2, 0) is 0 Å². The summed E-state index contributed by atoms with van der Waals surface area (Å²) in [6, 6.07) is 21.3. The molecule has 0 saturated carbocycles. The van der Waals surface area contributed by atoms with Crippen LogP contribution < -0.4 is 14.8 Å². The van der Waals surface area contributed by atoms with E-state index in [1.807, 2.05) is 80.6 Å². The van der Waals surface area contributed by atoms with E-state index in [1.165, 1.54) is 0 Å². The van der Waals surface area contributed by atoms with Gasteiger partial charge < -0.3 is 19.7 Å². The lowest BCUT2D eigenvalue weighted by molar-refractivity contribution is 0.0951. The highest BCUT2D eigenvalue weighted by atomic mass is 16.5. The van der Waals surface area contributed by atoms with E-state index in [0.29, 0.717) is 42.7 Å². The van der Waals surface area contributed by atoms with Gasteiger partial charge in [-0.05, 0) is 105 Å². The standard InChI is InChI=1S/C36H46N4O3/c1-7-42-30-15-10-27(11-16-30)34-35(28-12-17-31(18-13-28)43-8-2)39-33-22-29(14-19-32(33)38-34)36(41)37-20-9-21-40(23-25(3)4)24-26(5)6/h10-19,22,25-26H,7-9,20-21,23-24H2,1-6H3,(H,37,41). The average Bonchev–Trinajstić information content (AvgIpc) is 2.99. The van der Waals surface area contributed by atoms with E-state index in [9.17, 15) is 4.79 Å². The van der Waals surface area contributed by atoms with Crippen LogP contribution in [0.2, 0.25) is 0 Å². The predicted molar refractivity (Wildman–Crippen MR) is 176 cm³/mol. The zero-order valence-corrected chi connectivity index (χ0v) is 26.5. The molecule has 7 nitrogen and oxygen atoms in total. The van der Waals surface area contributed by atoms with Crippen molar-refractivity contribution in [3.8, 4) is 34.0 Å². The van der Waals surface area contributed by atoms with Crippen molar-refractivity contribution in [1.82, 2.24) is 20.2 Å². The maximum atomic E-state index is 13.1. The second-order valence-electron chi connectivity index (χ2n) is 11.7. The Morgan fingerprint density at radius 2 is 1.26 bits per heavy atom. The molecule has 0 bridgehead atoms. The van der Waals surface area contributed by atoms with Gasteiger partial charge >= 0.3 is 0 Å². The number of hydrogen-bond acceptors (Lipinski definition) is 6. The summed E-state index contributed by atoms with van der Waals surface area (Å²) >= 11 is 0. The Kier molecular flexibility index (Phi) is 11.5. The predicted octanol–water partition coefficient (Wildman–Crippen LogP) is 7.50. The number of amides is 1. The van der Waals surface area contributed by atoms with Crippen molar-refractivity contribution in [3.05, 3.63) is 72.3 Å². The number of ether oxygens (including phenoxy) is 2. The Labute approximate surface area is 256 Å². The highest BCUT2D eigenvalue weighted by Gasteiger charge is 2.16. The number of hydrogen-bond donors (Lipinski definition) is 1. The first-order chi connectivity index (χ1) is 20.8. The molecule has 1 N–H and O–H groups in total. The molecule has 0 saturated heterocycles. The summed E-state index contributed by atoms with van der Waals surface area (Å²) in [5.74, 6) is 2.76. The van der Waals surface area contributed by atoms with Crippen molar-refractivity contribution in [2.75, 3.05) is 39.4 Å². The van der Waals surface area contributed by atoms with Gasteiger partial charge in [0.1, 0.15) is 11.5 Å². The van der Waals surface area contributed by atoms with Gasteiger partial charge in [-0.15, -0.1) is 0 Å². The third kappa shape index (κ3) is 9.01. The van der Waals surface area contributed by atoms with Crippen LogP contribution in [0.4, 0.5) is 0 Å². The largest absolute Gasteiger partial charge is 0.494 e. The molecule has 0 spiro atoms. The van der Waals surface area contributed by atoms with E-state index in [2.05, 4.69) is 37.9 Å². The molecule has 7 heteroatoms. The quantitative estimate of drug-likeness (QED) is 0.146. The van der Waals surface area contributed by atoms with Gasteiger partial charge in [-0.1, -0.05) is 27.7 Å². The molecule has 1 amide bonds. The van der Waals surface area contributed by atoms with E-state index in [0.717, 1.165) is 65.6 Å². The third-order valence-electron chi connectivity index (χ3n) is 6.99. The van der Waals surface area contributed by atoms with Gasteiger partial charge in [0.15, 0.2) is 0 Å². The monoisotopic (exact) mass is 582 g/mol. The summed E-state index contributed by atoms with van der Waals surface area (Å²) in [4.78, 5) is 25.7.